The molecule has 0 spiro atoms. The standard InChI is InChI=1S/C21H27N3OS/c1-21(2,3)20(25)24-16-10-8-14(22(4)5)12-18(16)26-19-13-15(23(6)7)9-11-17(19)24/h8-13H,1-7H3. The Hall–Kier alpha value is -2.14. The second kappa shape index (κ2) is 6.54. The van der Waals surface area contributed by atoms with E-state index >= 15 is 0 Å². The largest absolute Gasteiger partial charge is 0.378 e. The van der Waals surface area contributed by atoms with Gasteiger partial charge >= 0.3 is 0 Å². The Balaban J connectivity index is 2.19. The van der Waals surface area contributed by atoms with E-state index < -0.39 is 5.41 Å². The van der Waals surface area contributed by atoms with Gasteiger partial charge in [-0.25, -0.2) is 0 Å². The third-order valence-electron chi connectivity index (χ3n) is 4.47. The summed E-state index contributed by atoms with van der Waals surface area (Å²) in [6.07, 6.45) is 0. The number of rotatable bonds is 2. The Bertz CT molecular complexity index is 795. The monoisotopic (exact) mass is 369 g/mol. The van der Waals surface area contributed by atoms with Crippen molar-refractivity contribution in [2.24, 2.45) is 5.41 Å². The van der Waals surface area contributed by atoms with Crippen LogP contribution in [-0.4, -0.2) is 34.1 Å². The molecule has 4 nitrogen and oxygen atoms in total. The molecule has 0 saturated carbocycles. The van der Waals surface area contributed by atoms with E-state index in [1.165, 1.54) is 0 Å². The summed E-state index contributed by atoms with van der Waals surface area (Å²) < 4.78 is 0. The van der Waals surface area contributed by atoms with Crippen LogP contribution < -0.4 is 14.7 Å². The normalized spacial score (nSPS) is 13.1. The second-order valence-corrected chi connectivity index (χ2v) is 9.17. The number of benzene rings is 2. The van der Waals surface area contributed by atoms with Gasteiger partial charge in [0, 0.05) is 54.8 Å². The van der Waals surface area contributed by atoms with Crippen molar-refractivity contribution in [1.29, 1.82) is 0 Å². The number of carbonyl (C=O) groups is 1. The van der Waals surface area contributed by atoms with Gasteiger partial charge in [-0.3, -0.25) is 9.69 Å². The predicted octanol–water partition coefficient (Wildman–Crippen LogP) is 4.99. The summed E-state index contributed by atoms with van der Waals surface area (Å²) in [5.74, 6) is 0.107. The van der Waals surface area contributed by atoms with Crippen LogP contribution in [0.25, 0.3) is 0 Å². The molecule has 1 aliphatic rings. The van der Waals surface area contributed by atoms with E-state index in [9.17, 15) is 4.79 Å². The lowest BCUT2D eigenvalue weighted by molar-refractivity contribution is -0.125. The first-order valence-corrected chi connectivity index (χ1v) is 9.56. The lowest BCUT2D eigenvalue weighted by Gasteiger charge is -2.36. The topological polar surface area (TPSA) is 26.8 Å². The predicted molar refractivity (Wildman–Crippen MR) is 112 cm³/mol. The maximum atomic E-state index is 13.3. The van der Waals surface area contributed by atoms with Crippen molar-refractivity contribution in [3.63, 3.8) is 0 Å². The molecule has 0 atom stereocenters. The highest BCUT2D eigenvalue weighted by Crippen LogP contribution is 2.51. The van der Waals surface area contributed by atoms with E-state index in [0.717, 1.165) is 32.5 Å². The van der Waals surface area contributed by atoms with Crippen LogP contribution in [-0.2, 0) is 4.79 Å². The molecule has 5 heteroatoms. The summed E-state index contributed by atoms with van der Waals surface area (Å²) in [6.45, 7) is 5.91. The van der Waals surface area contributed by atoms with Crippen LogP contribution in [0.4, 0.5) is 22.7 Å². The minimum atomic E-state index is -0.461. The molecular formula is C21H27N3OS. The summed E-state index contributed by atoms with van der Waals surface area (Å²) in [7, 11) is 8.13. The molecular weight excluding hydrogens is 342 g/mol. The van der Waals surface area contributed by atoms with Gasteiger partial charge < -0.3 is 9.80 Å². The number of carbonyl (C=O) groups excluding carboxylic acids is 1. The number of hydrogen-bond donors (Lipinski definition) is 0. The van der Waals surface area contributed by atoms with Gasteiger partial charge in [0.2, 0.25) is 5.91 Å². The maximum Gasteiger partial charge on any atom is 0.236 e. The molecule has 1 heterocycles. The number of nitrogens with zero attached hydrogens (tertiary/aromatic N) is 3. The zero-order valence-corrected chi connectivity index (χ0v) is 17.4. The molecule has 1 amide bonds. The van der Waals surface area contributed by atoms with Gasteiger partial charge in [0.1, 0.15) is 0 Å². The van der Waals surface area contributed by atoms with Crippen LogP contribution in [0, 0.1) is 5.41 Å². The molecule has 0 radical (unpaired) electrons. The SMILES string of the molecule is CN(C)c1ccc2c(c1)Sc1cc(N(C)C)ccc1N2C(=O)C(C)(C)C. The lowest BCUT2D eigenvalue weighted by atomic mass is 9.94. The Morgan fingerprint density at radius 1 is 0.846 bits per heavy atom. The van der Waals surface area contributed by atoms with Crippen molar-refractivity contribution < 1.29 is 4.79 Å². The molecule has 0 aliphatic carbocycles. The van der Waals surface area contributed by atoms with Crippen molar-refractivity contribution in [2.45, 2.75) is 30.6 Å². The summed E-state index contributed by atoms with van der Waals surface area (Å²) in [5.41, 5.74) is 3.73. The summed E-state index contributed by atoms with van der Waals surface area (Å²) >= 11 is 1.73. The summed E-state index contributed by atoms with van der Waals surface area (Å²) in [5, 5.41) is 0. The molecule has 0 aromatic heterocycles. The molecule has 0 N–H and O–H groups in total. The molecule has 0 saturated heterocycles. The van der Waals surface area contributed by atoms with Gasteiger partial charge in [-0.2, -0.15) is 0 Å². The molecule has 0 fully saturated rings. The van der Waals surface area contributed by atoms with Crippen molar-refractivity contribution >= 4 is 40.4 Å². The Morgan fingerprint density at radius 3 is 1.62 bits per heavy atom. The van der Waals surface area contributed by atoms with E-state index in [1.54, 1.807) is 11.8 Å². The average molecular weight is 370 g/mol. The van der Waals surface area contributed by atoms with E-state index in [1.807, 2.05) is 53.9 Å². The lowest BCUT2D eigenvalue weighted by Crippen LogP contribution is -2.37. The highest BCUT2D eigenvalue weighted by Gasteiger charge is 2.35. The first kappa shape index (κ1) is 18.6. The molecule has 26 heavy (non-hydrogen) atoms. The smallest absolute Gasteiger partial charge is 0.236 e. The summed E-state index contributed by atoms with van der Waals surface area (Å²) in [4.78, 5) is 21.6. The molecule has 0 unspecified atom stereocenters. The molecule has 0 bridgehead atoms. The van der Waals surface area contributed by atoms with Crippen LogP contribution in [0.2, 0.25) is 0 Å². The van der Waals surface area contributed by atoms with Crippen LogP contribution >= 0.6 is 11.8 Å². The third kappa shape index (κ3) is 3.28. The van der Waals surface area contributed by atoms with E-state index in [-0.39, 0.29) is 5.91 Å². The fourth-order valence-corrected chi connectivity index (χ4v) is 4.02. The van der Waals surface area contributed by atoms with Crippen molar-refractivity contribution in [3.05, 3.63) is 36.4 Å². The zero-order chi connectivity index (χ0) is 19.2. The molecule has 2 aromatic carbocycles. The third-order valence-corrected chi connectivity index (χ3v) is 5.56. The van der Waals surface area contributed by atoms with Gasteiger partial charge in [-0.05, 0) is 36.4 Å². The maximum absolute atomic E-state index is 13.3. The molecule has 3 rings (SSSR count). The second-order valence-electron chi connectivity index (χ2n) is 8.09. The van der Waals surface area contributed by atoms with Crippen LogP contribution in [0.1, 0.15) is 20.8 Å². The number of anilines is 4. The quantitative estimate of drug-likeness (QED) is 0.745. The van der Waals surface area contributed by atoms with E-state index in [2.05, 4.69) is 46.2 Å². The van der Waals surface area contributed by atoms with Gasteiger partial charge in [-0.15, -0.1) is 0 Å². The van der Waals surface area contributed by atoms with Crippen molar-refractivity contribution in [1.82, 2.24) is 0 Å². The molecule has 1 aliphatic heterocycles. The Kier molecular flexibility index (Phi) is 4.69. The fourth-order valence-electron chi connectivity index (χ4n) is 2.90. The van der Waals surface area contributed by atoms with E-state index in [4.69, 9.17) is 0 Å². The van der Waals surface area contributed by atoms with Gasteiger partial charge in [0.05, 0.1) is 11.4 Å². The van der Waals surface area contributed by atoms with Gasteiger partial charge in [0.25, 0.3) is 0 Å². The molecule has 2 aromatic rings. The number of hydrogen-bond acceptors (Lipinski definition) is 4. The number of amides is 1. The van der Waals surface area contributed by atoms with E-state index in [0.29, 0.717) is 0 Å². The minimum Gasteiger partial charge on any atom is -0.378 e. The molecule has 138 valence electrons. The van der Waals surface area contributed by atoms with Gasteiger partial charge in [0.15, 0.2) is 0 Å². The first-order valence-electron chi connectivity index (χ1n) is 8.75. The minimum absolute atomic E-state index is 0.107. The van der Waals surface area contributed by atoms with Crippen molar-refractivity contribution in [2.75, 3.05) is 42.9 Å². The number of fused-ring (bicyclic) bond motifs is 2. The first-order chi connectivity index (χ1) is 12.1. The van der Waals surface area contributed by atoms with Crippen LogP contribution in [0.5, 0.6) is 0 Å². The van der Waals surface area contributed by atoms with Crippen LogP contribution in [0.3, 0.4) is 0 Å². The van der Waals surface area contributed by atoms with Crippen molar-refractivity contribution in [3.8, 4) is 0 Å². The summed E-state index contributed by atoms with van der Waals surface area (Å²) in [6, 6.07) is 12.6. The Labute approximate surface area is 160 Å². The zero-order valence-electron chi connectivity index (χ0n) is 16.6. The van der Waals surface area contributed by atoms with Gasteiger partial charge in [-0.1, -0.05) is 32.5 Å². The highest BCUT2D eigenvalue weighted by molar-refractivity contribution is 7.99. The van der Waals surface area contributed by atoms with Crippen LogP contribution in [0.15, 0.2) is 46.2 Å². The Morgan fingerprint density at radius 2 is 1.27 bits per heavy atom. The average Bonchev–Trinajstić information content (AvgIpc) is 2.56. The fraction of sp³-hybridized carbons (Fsp3) is 0.381. The highest BCUT2D eigenvalue weighted by atomic mass is 32.2.